The number of imidazole rings is 1. The molecule has 3 atom stereocenters. The number of fused-ring (bicyclic) bond motifs is 1. The van der Waals surface area contributed by atoms with Crippen LogP contribution in [-0.4, -0.2) is 55.9 Å². The first-order chi connectivity index (χ1) is 11.1. The molecule has 8 nitrogen and oxygen atoms in total. The van der Waals surface area contributed by atoms with Gasteiger partial charge in [-0.25, -0.2) is 4.98 Å². The van der Waals surface area contributed by atoms with E-state index in [1.807, 2.05) is 18.5 Å². The van der Waals surface area contributed by atoms with Crippen molar-refractivity contribution in [2.24, 2.45) is 7.05 Å². The largest absolute Gasteiger partial charge is 0.391 e. The van der Waals surface area contributed by atoms with Gasteiger partial charge in [-0.05, 0) is 26.3 Å². The SMILES string of the molecule is CC[C@H](Nc1nc(N[C@H]2CCNC2)c2ncn(C)c2n1)[C@@H](C)O. The maximum Gasteiger partial charge on any atom is 0.227 e. The first-order valence-corrected chi connectivity index (χ1v) is 8.19. The number of nitrogens with one attached hydrogen (secondary N) is 3. The van der Waals surface area contributed by atoms with E-state index in [0.717, 1.165) is 42.9 Å². The van der Waals surface area contributed by atoms with Crippen LogP contribution >= 0.6 is 0 Å². The van der Waals surface area contributed by atoms with Crippen molar-refractivity contribution >= 4 is 22.9 Å². The van der Waals surface area contributed by atoms with Gasteiger partial charge in [0.2, 0.25) is 5.95 Å². The molecule has 3 rings (SSSR count). The summed E-state index contributed by atoms with van der Waals surface area (Å²) >= 11 is 0. The van der Waals surface area contributed by atoms with E-state index in [1.165, 1.54) is 0 Å². The molecule has 23 heavy (non-hydrogen) atoms. The number of hydrogen-bond acceptors (Lipinski definition) is 7. The van der Waals surface area contributed by atoms with Gasteiger partial charge in [0.05, 0.1) is 18.5 Å². The first-order valence-electron chi connectivity index (χ1n) is 8.19. The Morgan fingerprint density at radius 2 is 2.30 bits per heavy atom. The van der Waals surface area contributed by atoms with Crippen LogP contribution in [0.2, 0.25) is 0 Å². The van der Waals surface area contributed by atoms with Gasteiger partial charge in [-0.1, -0.05) is 6.92 Å². The predicted octanol–water partition coefficient (Wildman–Crippen LogP) is 0.708. The number of aliphatic hydroxyl groups is 1. The smallest absolute Gasteiger partial charge is 0.227 e. The van der Waals surface area contributed by atoms with Crippen LogP contribution in [0.1, 0.15) is 26.7 Å². The van der Waals surface area contributed by atoms with Crippen LogP contribution in [0.4, 0.5) is 11.8 Å². The van der Waals surface area contributed by atoms with Crippen molar-refractivity contribution in [2.45, 2.75) is 44.9 Å². The second-order valence-corrected chi connectivity index (χ2v) is 6.16. The third-order valence-electron chi connectivity index (χ3n) is 4.30. The van der Waals surface area contributed by atoms with Gasteiger partial charge in [0, 0.05) is 19.6 Å². The van der Waals surface area contributed by atoms with E-state index in [9.17, 15) is 5.11 Å². The lowest BCUT2D eigenvalue weighted by Gasteiger charge is -2.20. The molecule has 0 saturated carbocycles. The maximum atomic E-state index is 9.84. The molecule has 0 radical (unpaired) electrons. The number of hydrogen-bond donors (Lipinski definition) is 4. The van der Waals surface area contributed by atoms with Gasteiger partial charge in [0.25, 0.3) is 0 Å². The zero-order chi connectivity index (χ0) is 16.4. The molecule has 8 heteroatoms. The summed E-state index contributed by atoms with van der Waals surface area (Å²) in [5.41, 5.74) is 1.55. The van der Waals surface area contributed by atoms with Crippen LogP contribution in [0.3, 0.4) is 0 Å². The molecule has 126 valence electrons. The third-order valence-corrected chi connectivity index (χ3v) is 4.30. The summed E-state index contributed by atoms with van der Waals surface area (Å²) in [6.07, 6.45) is 3.13. The van der Waals surface area contributed by atoms with Crippen LogP contribution in [-0.2, 0) is 7.05 Å². The Bertz CT molecular complexity index is 663. The maximum absolute atomic E-state index is 9.84. The monoisotopic (exact) mass is 319 g/mol. The van der Waals surface area contributed by atoms with Gasteiger partial charge < -0.3 is 25.6 Å². The van der Waals surface area contributed by atoms with Gasteiger partial charge in [0.1, 0.15) is 0 Å². The molecule has 0 aromatic carbocycles. The zero-order valence-electron chi connectivity index (χ0n) is 13.9. The topological polar surface area (TPSA) is 99.9 Å². The highest BCUT2D eigenvalue weighted by atomic mass is 16.3. The van der Waals surface area contributed by atoms with E-state index in [1.54, 1.807) is 13.3 Å². The lowest BCUT2D eigenvalue weighted by atomic mass is 10.1. The molecular formula is C15H25N7O. The van der Waals surface area contributed by atoms with E-state index in [2.05, 4.69) is 30.9 Å². The molecule has 4 N–H and O–H groups in total. The normalized spacial score (nSPS) is 20.6. The summed E-state index contributed by atoms with van der Waals surface area (Å²) in [5, 5.41) is 19.9. The Morgan fingerprint density at radius 3 is 2.96 bits per heavy atom. The molecule has 1 aliphatic rings. The van der Waals surface area contributed by atoms with Crippen LogP contribution in [0, 0.1) is 0 Å². The Morgan fingerprint density at radius 1 is 1.48 bits per heavy atom. The fourth-order valence-corrected chi connectivity index (χ4v) is 2.87. The summed E-state index contributed by atoms with van der Waals surface area (Å²) in [5.74, 6) is 1.26. The summed E-state index contributed by atoms with van der Waals surface area (Å²) in [4.78, 5) is 13.6. The van der Waals surface area contributed by atoms with E-state index >= 15 is 0 Å². The molecule has 1 aliphatic heterocycles. The second kappa shape index (κ2) is 6.67. The van der Waals surface area contributed by atoms with Crippen molar-refractivity contribution in [2.75, 3.05) is 23.7 Å². The van der Waals surface area contributed by atoms with Crippen molar-refractivity contribution in [1.29, 1.82) is 0 Å². The summed E-state index contributed by atoms with van der Waals surface area (Å²) in [7, 11) is 1.92. The van der Waals surface area contributed by atoms with Gasteiger partial charge in [-0.2, -0.15) is 9.97 Å². The van der Waals surface area contributed by atoms with Crippen molar-refractivity contribution in [3.05, 3.63) is 6.33 Å². The highest BCUT2D eigenvalue weighted by Crippen LogP contribution is 2.22. The van der Waals surface area contributed by atoms with Gasteiger partial charge in [0.15, 0.2) is 17.0 Å². The van der Waals surface area contributed by atoms with Crippen LogP contribution < -0.4 is 16.0 Å². The van der Waals surface area contributed by atoms with Crippen molar-refractivity contribution < 1.29 is 5.11 Å². The van der Waals surface area contributed by atoms with Gasteiger partial charge in [-0.15, -0.1) is 0 Å². The number of rotatable bonds is 6. The quantitative estimate of drug-likeness (QED) is 0.622. The van der Waals surface area contributed by atoms with Crippen LogP contribution in [0.25, 0.3) is 11.2 Å². The Labute approximate surface area is 135 Å². The number of aliphatic hydroxyl groups excluding tert-OH is 1. The van der Waals surface area contributed by atoms with Gasteiger partial charge in [-0.3, -0.25) is 0 Å². The van der Waals surface area contributed by atoms with Crippen LogP contribution in [0.5, 0.6) is 0 Å². The summed E-state index contributed by atoms with van der Waals surface area (Å²) in [6.45, 7) is 5.73. The van der Waals surface area contributed by atoms with Crippen molar-refractivity contribution in [3.8, 4) is 0 Å². The molecule has 2 aromatic rings. The van der Waals surface area contributed by atoms with Crippen LogP contribution in [0.15, 0.2) is 6.33 Å². The third kappa shape index (κ3) is 3.37. The minimum atomic E-state index is -0.471. The minimum Gasteiger partial charge on any atom is -0.391 e. The molecule has 0 spiro atoms. The highest BCUT2D eigenvalue weighted by molar-refractivity contribution is 5.84. The number of nitrogens with zero attached hydrogens (tertiary/aromatic N) is 4. The Kier molecular flexibility index (Phi) is 4.63. The fraction of sp³-hybridized carbons (Fsp3) is 0.667. The summed E-state index contributed by atoms with van der Waals surface area (Å²) < 4.78 is 1.88. The number of aryl methyl sites for hydroxylation is 1. The molecule has 0 unspecified atom stereocenters. The number of aromatic nitrogens is 4. The molecule has 0 aliphatic carbocycles. The predicted molar refractivity (Wildman–Crippen MR) is 90.6 cm³/mol. The lowest BCUT2D eigenvalue weighted by Crippen LogP contribution is -2.31. The van der Waals surface area contributed by atoms with Crippen molar-refractivity contribution in [1.82, 2.24) is 24.8 Å². The number of anilines is 2. The van der Waals surface area contributed by atoms with Gasteiger partial charge >= 0.3 is 0 Å². The van der Waals surface area contributed by atoms with E-state index < -0.39 is 6.10 Å². The van der Waals surface area contributed by atoms with E-state index in [4.69, 9.17) is 0 Å². The molecule has 1 fully saturated rings. The Balaban J connectivity index is 1.93. The minimum absolute atomic E-state index is 0.0818. The summed E-state index contributed by atoms with van der Waals surface area (Å²) in [6, 6.07) is 0.267. The average Bonchev–Trinajstić information content (AvgIpc) is 3.15. The molecule has 3 heterocycles. The Hall–Kier alpha value is -1.93. The van der Waals surface area contributed by atoms with Crippen molar-refractivity contribution in [3.63, 3.8) is 0 Å². The average molecular weight is 319 g/mol. The van der Waals surface area contributed by atoms with E-state index in [0.29, 0.717) is 12.0 Å². The lowest BCUT2D eigenvalue weighted by molar-refractivity contribution is 0.169. The molecule has 0 bridgehead atoms. The second-order valence-electron chi connectivity index (χ2n) is 6.16. The standard InChI is InChI=1S/C15H25N7O/c1-4-11(9(2)23)19-15-20-13(18-10-5-6-16-7-10)12-14(21-15)22(3)8-17-12/h8-11,16,23H,4-7H2,1-3H3,(H2,18,19,20,21)/t9-,10+,11+/m1/s1. The fourth-order valence-electron chi connectivity index (χ4n) is 2.87. The molecular weight excluding hydrogens is 294 g/mol. The zero-order valence-corrected chi connectivity index (χ0v) is 13.9. The first kappa shape index (κ1) is 15.9. The molecule has 1 saturated heterocycles. The highest BCUT2D eigenvalue weighted by Gasteiger charge is 2.20. The van der Waals surface area contributed by atoms with E-state index in [-0.39, 0.29) is 6.04 Å². The molecule has 0 amide bonds. The molecule has 2 aromatic heterocycles.